The van der Waals surface area contributed by atoms with E-state index in [0.717, 1.165) is 0 Å². The second-order valence-corrected chi connectivity index (χ2v) is 2.41. The molecule has 1 rings (SSSR count). The van der Waals surface area contributed by atoms with Crippen molar-refractivity contribution in [2.45, 2.75) is 0 Å². The topological polar surface area (TPSA) is 85.2 Å². The molecule has 0 aliphatic heterocycles. The lowest BCUT2D eigenvalue weighted by atomic mass is 10.3. The number of esters is 1. The highest BCUT2D eigenvalue weighted by atomic mass is 16.5. The van der Waals surface area contributed by atoms with Crippen LogP contribution in [0.3, 0.4) is 0 Å². The number of aromatic amines is 1. The SMILES string of the molecule is COC(=O)c1cc(C#CC(N)=O)c[nH]1. The number of methoxy groups -OCH3 is 1. The molecule has 1 heterocycles. The Kier molecular flexibility index (Phi) is 2.92. The molecule has 72 valence electrons. The fourth-order valence-electron chi connectivity index (χ4n) is 0.828. The fraction of sp³-hybridized carbons (Fsp3) is 0.111. The highest BCUT2D eigenvalue weighted by Crippen LogP contribution is 2.02. The zero-order valence-electron chi connectivity index (χ0n) is 7.46. The summed E-state index contributed by atoms with van der Waals surface area (Å²) in [5.41, 5.74) is 5.60. The maximum atomic E-state index is 11.0. The van der Waals surface area contributed by atoms with Gasteiger partial charge in [-0.15, -0.1) is 0 Å². The largest absolute Gasteiger partial charge is 0.464 e. The van der Waals surface area contributed by atoms with Crippen LogP contribution in [0.4, 0.5) is 0 Å². The first-order chi connectivity index (χ1) is 6.63. The van der Waals surface area contributed by atoms with Gasteiger partial charge < -0.3 is 15.5 Å². The molecular formula is C9H8N2O3. The number of aromatic nitrogens is 1. The van der Waals surface area contributed by atoms with Crippen LogP contribution in [0.2, 0.25) is 0 Å². The first-order valence-electron chi connectivity index (χ1n) is 3.71. The molecule has 1 amide bonds. The normalized spacial score (nSPS) is 8.64. The lowest BCUT2D eigenvalue weighted by Crippen LogP contribution is -2.06. The molecule has 0 atom stereocenters. The minimum Gasteiger partial charge on any atom is -0.464 e. The standard InChI is InChI=1S/C9H8N2O3/c1-14-9(13)7-4-6(5-11-7)2-3-8(10)12/h4-5,11H,1H3,(H2,10,12). The molecule has 1 aromatic rings. The van der Waals surface area contributed by atoms with Gasteiger partial charge in [-0.2, -0.15) is 0 Å². The highest BCUT2D eigenvalue weighted by molar-refractivity contribution is 5.93. The maximum absolute atomic E-state index is 11.0. The van der Waals surface area contributed by atoms with Crippen molar-refractivity contribution in [1.82, 2.24) is 4.98 Å². The van der Waals surface area contributed by atoms with Crippen LogP contribution in [0.15, 0.2) is 12.3 Å². The number of primary amides is 1. The van der Waals surface area contributed by atoms with Crippen LogP contribution in [-0.4, -0.2) is 24.0 Å². The summed E-state index contributed by atoms with van der Waals surface area (Å²) in [6.45, 7) is 0. The molecule has 0 radical (unpaired) electrons. The third-order valence-electron chi connectivity index (χ3n) is 1.42. The Bertz CT molecular complexity index is 423. The lowest BCUT2D eigenvalue weighted by molar-refractivity contribution is -0.112. The van der Waals surface area contributed by atoms with Gasteiger partial charge in [0.1, 0.15) is 5.69 Å². The van der Waals surface area contributed by atoms with Crippen LogP contribution in [0, 0.1) is 11.8 Å². The number of ether oxygens (including phenoxy) is 1. The molecule has 0 aliphatic carbocycles. The van der Waals surface area contributed by atoms with Crippen molar-refractivity contribution < 1.29 is 14.3 Å². The number of hydrogen-bond donors (Lipinski definition) is 2. The first kappa shape index (κ1) is 9.86. The van der Waals surface area contributed by atoms with Gasteiger partial charge in [0.05, 0.1) is 7.11 Å². The summed E-state index contributed by atoms with van der Waals surface area (Å²) in [4.78, 5) is 23.9. The van der Waals surface area contributed by atoms with Crippen LogP contribution in [-0.2, 0) is 9.53 Å². The molecule has 0 saturated heterocycles. The molecule has 14 heavy (non-hydrogen) atoms. The Morgan fingerprint density at radius 3 is 2.86 bits per heavy atom. The molecule has 0 fully saturated rings. The fourth-order valence-corrected chi connectivity index (χ4v) is 0.828. The van der Waals surface area contributed by atoms with Crippen LogP contribution >= 0.6 is 0 Å². The van der Waals surface area contributed by atoms with E-state index in [1.807, 2.05) is 0 Å². The van der Waals surface area contributed by atoms with E-state index in [1.165, 1.54) is 19.4 Å². The molecule has 5 heteroatoms. The number of rotatable bonds is 1. The molecule has 1 aromatic heterocycles. The van der Waals surface area contributed by atoms with Crippen LogP contribution < -0.4 is 5.73 Å². The average molecular weight is 192 g/mol. The van der Waals surface area contributed by atoms with Crippen molar-refractivity contribution >= 4 is 11.9 Å². The Morgan fingerprint density at radius 1 is 1.57 bits per heavy atom. The third-order valence-corrected chi connectivity index (χ3v) is 1.42. The molecule has 0 aliphatic rings. The molecule has 3 N–H and O–H groups in total. The number of nitrogens with one attached hydrogen (secondary N) is 1. The maximum Gasteiger partial charge on any atom is 0.354 e. The van der Waals surface area contributed by atoms with E-state index < -0.39 is 11.9 Å². The summed E-state index contributed by atoms with van der Waals surface area (Å²) in [7, 11) is 1.28. The summed E-state index contributed by atoms with van der Waals surface area (Å²) in [5, 5.41) is 0. The quantitative estimate of drug-likeness (QED) is 0.470. The minimum atomic E-state index is -0.717. The van der Waals surface area contributed by atoms with E-state index in [4.69, 9.17) is 5.73 Å². The number of hydrogen-bond acceptors (Lipinski definition) is 3. The molecular weight excluding hydrogens is 184 g/mol. The number of carbonyl (C=O) groups is 2. The average Bonchev–Trinajstić information content (AvgIpc) is 2.62. The lowest BCUT2D eigenvalue weighted by Gasteiger charge is -1.91. The Hall–Kier alpha value is -2.22. The van der Waals surface area contributed by atoms with Crippen molar-refractivity contribution in [2.75, 3.05) is 7.11 Å². The van der Waals surface area contributed by atoms with Gasteiger partial charge in [0, 0.05) is 17.7 Å². The molecule has 0 aromatic carbocycles. The van der Waals surface area contributed by atoms with Crippen LogP contribution in [0.1, 0.15) is 16.1 Å². The molecule has 0 saturated carbocycles. The molecule has 5 nitrogen and oxygen atoms in total. The van der Waals surface area contributed by atoms with E-state index in [1.54, 1.807) is 0 Å². The monoisotopic (exact) mass is 192 g/mol. The van der Waals surface area contributed by atoms with Gasteiger partial charge in [0.15, 0.2) is 0 Å². The summed E-state index contributed by atoms with van der Waals surface area (Å²) in [5.74, 6) is 3.42. The Labute approximate surface area is 80.2 Å². The second kappa shape index (κ2) is 4.14. The van der Waals surface area contributed by atoms with Crippen molar-refractivity contribution in [2.24, 2.45) is 5.73 Å². The number of nitrogens with two attached hydrogens (primary N) is 1. The van der Waals surface area contributed by atoms with Gasteiger partial charge in [-0.25, -0.2) is 4.79 Å². The Balaban J connectivity index is 2.85. The third kappa shape index (κ3) is 2.38. The van der Waals surface area contributed by atoms with E-state index >= 15 is 0 Å². The van der Waals surface area contributed by atoms with Gasteiger partial charge in [-0.05, 0) is 6.07 Å². The number of carbonyl (C=O) groups excluding carboxylic acids is 2. The van der Waals surface area contributed by atoms with E-state index in [0.29, 0.717) is 5.56 Å². The van der Waals surface area contributed by atoms with Gasteiger partial charge in [-0.3, -0.25) is 4.79 Å². The van der Waals surface area contributed by atoms with Crippen LogP contribution in [0.25, 0.3) is 0 Å². The van der Waals surface area contributed by atoms with Crippen LogP contribution in [0.5, 0.6) is 0 Å². The summed E-state index contributed by atoms with van der Waals surface area (Å²) in [6.07, 6.45) is 1.49. The molecule has 0 unspecified atom stereocenters. The summed E-state index contributed by atoms with van der Waals surface area (Å²) < 4.78 is 4.47. The predicted octanol–water partition coefficient (Wildman–Crippen LogP) is -0.362. The van der Waals surface area contributed by atoms with E-state index in [9.17, 15) is 9.59 Å². The van der Waals surface area contributed by atoms with Crippen molar-refractivity contribution in [3.63, 3.8) is 0 Å². The van der Waals surface area contributed by atoms with Crippen molar-refractivity contribution in [3.05, 3.63) is 23.5 Å². The summed E-state index contributed by atoms with van der Waals surface area (Å²) >= 11 is 0. The van der Waals surface area contributed by atoms with Gasteiger partial charge >= 0.3 is 5.97 Å². The Morgan fingerprint density at radius 2 is 2.29 bits per heavy atom. The molecule has 0 spiro atoms. The van der Waals surface area contributed by atoms with E-state index in [-0.39, 0.29) is 5.69 Å². The number of amides is 1. The smallest absolute Gasteiger partial charge is 0.354 e. The first-order valence-corrected chi connectivity index (χ1v) is 3.71. The van der Waals surface area contributed by atoms with Crippen molar-refractivity contribution in [1.29, 1.82) is 0 Å². The van der Waals surface area contributed by atoms with Gasteiger partial charge in [0.25, 0.3) is 5.91 Å². The minimum absolute atomic E-state index is 0.279. The van der Waals surface area contributed by atoms with Gasteiger partial charge in [0.2, 0.25) is 0 Å². The summed E-state index contributed by atoms with van der Waals surface area (Å²) in [6, 6.07) is 1.47. The van der Waals surface area contributed by atoms with Gasteiger partial charge in [-0.1, -0.05) is 5.92 Å². The highest BCUT2D eigenvalue weighted by Gasteiger charge is 2.06. The number of H-pyrrole nitrogens is 1. The van der Waals surface area contributed by atoms with E-state index in [2.05, 4.69) is 21.6 Å². The zero-order valence-corrected chi connectivity index (χ0v) is 7.46. The predicted molar refractivity (Wildman–Crippen MR) is 48.2 cm³/mol. The zero-order chi connectivity index (χ0) is 10.6. The molecule has 0 bridgehead atoms. The second-order valence-electron chi connectivity index (χ2n) is 2.41. The van der Waals surface area contributed by atoms with Crippen molar-refractivity contribution in [3.8, 4) is 11.8 Å².